The predicted octanol–water partition coefficient (Wildman–Crippen LogP) is 11.1. The number of hydrogen-bond acceptors (Lipinski definition) is 10. The van der Waals surface area contributed by atoms with Gasteiger partial charge in [0.1, 0.15) is 34.6 Å². The van der Waals surface area contributed by atoms with E-state index in [0.29, 0.717) is 54.2 Å². The molecule has 0 radical (unpaired) electrons. The van der Waals surface area contributed by atoms with Crippen LogP contribution in [0.2, 0.25) is 0 Å². The average molecular weight is 873 g/mol. The summed E-state index contributed by atoms with van der Waals surface area (Å²) in [6, 6.07) is 10.4. The van der Waals surface area contributed by atoms with E-state index in [4.69, 9.17) is 28.9 Å². The first-order valence-corrected chi connectivity index (χ1v) is 23.8. The van der Waals surface area contributed by atoms with E-state index >= 15 is 0 Å². The fraction of sp³-hybridized carbons (Fsp3) is 0.635. The number of aliphatic hydroxyl groups excluding tert-OH is 2. The molecule has 11 heteroatoms. The standard InChI is InChI=1S/C52H76N2O9/c1-8-10-11-12-13-14-15-16-17-24-48(58)54(6)47-35-44(53-63-51(3,4)5)42-33-37(22-18-20-29-55)41(23-19-21-30-56)49-43-34-40(61-39-25-27-45(59-7)38(32-39)36-57)26-28-46(43)62-52(47,50(42)49)60-31-9-2/h9,25-28,32-34,36-37,41,47,49-50,55-56H,2,8,10-24,29-31,35H2,1,3-7H3/t37-,41+,47-,49+,50+,52+/m0/s1. The molecule has 0 spiro atoms. The Morgan fingerprint density at radius 3 is 2.25 bits per heavy atom. The fourth-order valence-electron chi connectivity index (χ4n) is 9.92. The Balaban J connectivity index is 1.63. The quantitative estimate of drug-likeness (QED) is 0.0389. The second kappa shape index (κ2) is 24.2. The number of nitrogens with zero attached hydrogens (tertiary/aromatic N) is 2. The van der Waals surface area contributed by atoms with Crippen molar-refractivity contribution in [3.05, 3.63) is 71.8 Å². The maximum Gasteiger partial charge on any atom is 0.239 e. The number of aliphatic hydroxyl groups is 2. The number of likely N-dealkylation sites (N-methyl/N-ethyl adjacent to an activating group) is 1. The Hall–Kier alpha value is -4.19. The zero-order chi connectivity index (χ0) is 45.4. The lowest BCUT2D eigenvalue weighted by Crippen LogP contribution is -2.69. The predicted molar refractivity (Wildman–Crippen MR) is 249 cm³/mol. The third-order valence-corrected chi connectivity index (χ3v) is 13.0. The van der Waals surface area contributed by atoms with Gasteiger partial charge in [-0.3, -0.25) is 9.59 Å². The summed E-state index contributed by atoms with van der Waals surface area (Å²) < 4.78 is 26.2. The molecule has 0 bridgehead atoms. The Labute approximate surface area is 377 Å². The van der Waals surface area contributed by atoms with Crippen molar-refractivity contribution in [2.75, 3.05) is 34.0 Å². The van der Waals surface area contributed by atoms with Crippen molar-refractivity contribution in [2.24, 2.45) is 22.9 Å². The second-order valence-corrected chi connectivity index (χ2v) is 18.7. The van der Waals surface area contributed by atoms with Crippen molar-refractivity contribution in [1.29, 1.82) is 0 Å². The summed E-state index contributed by atoms with van der Waals surface area (Å²) >= 11 is 0. The molecule has 1 fully saturated rings. The average Bonchev–Trinajstić information content (AvgIpc) is 3.27. The Morgan fingerprint density at radius 2 is 1.60 bits per heavy atom. The Kier molecular flexibility index (Phi) is 19.1. The highest BCUT2D eigenvalue weighted by atomic mass is 16.7. The molecule has 2 aromatic carbocycles. The van der Waals surface area contributed by atoms with Gasteiger partial charge in [-0.25, -0.2) is 0 Å². The Morgan fingerprint density at radius 1 is 0.937 bits per heavy atom. The van der Waals surface area contributed by atoms with E-state index in [1.54, 1.807) is 24.3 Å². The minimum atomic E-state index is -1.32. The van der Waals surface area contributed by atoms with Gasteiger partial charge in [0.15, 0.2) is 6.29 Å². The lowest BCUT2D eigenvalue weighted by Gasteiger charge is -2.59. The van der Waals surface area contributed by atoms with Gasteiger partial charge in [0.05, 0.1) is 30.9 Å². The van der Waals surface area contributed by atoms with Gasteiger partial charge in [-0.05, 0) is 107 Å². The van der Waals surface area contributed by atoms with Crippen LogP contribution in [0.25, 0.3) is 0 Å². The summed E-state index contributed by atoms with van der Waals surface area (Å²) in [5.74, 6) is 0.454. The zero-order valence-electron chi connectivity index (χ0n) is 39.1. The molecule has 6 atom stereocenters. The van der Waals surface area contributed by atoms with E-state index in [9.17, 15) is 19.8 Å². The smallest absolute Gasteiger partial charge is 0.239 e. The number of rotatable bonds is 27. The third kappa shape index (κ3) is 12.8. The summed E-state index contributed by atoms with van der Waals surface area (Å²) in [7, 11) is 3.40. The van der Waals surface area contributed by atoms with Crippen molar-refractivity contribution in [1.82, 2.24) is 4.90 Å². The Bertz CT molecular complexity index is 1850. The summed E-state index contributed by atoms with van der Waals surface area (Å²) in [5.41, 5.74) is 2.52. The summed E-state index contributed by atoms with van der Waals surface area (Å²) in [6.45, 7) is 12.6. The van der Waals surface area contributed by atoms with Crippen LogP contribution in [-0.2, 0) is 14.4 Å². The number of hydrogen-bond donors (Lipinski definition) is 2. The number of ether oxygens (including phenoxy) is 4. The molecule has 0 unspecified atom stereocenters. The first kappa shape index (κ1) is 49.8. The number of fused-ring (bicyclic) bond motifs is 2. The molecule has 5 rings (SSSR count). The number of unbranched alkanes of at least 4 members (excludes halogenated alkanes) is 10. The highest BCUT2D eigenvalue weighted by molar-refractivity contribution is 6.03. The number of oxime groups is 1. The third-order valence-electron chi connectivity index (χ3n) is 13.0. The molecule has 3 aliphatic rings. The van der Waals surface area contributed by atoms with E-state index in [0.717, 1.165) is 68.1 Å². The van der Waals surface area contributed by atoms with E-state index in [2.05, 4.69) is 19.6 Å². The number of aldehydes is 1. The minimum absolute atomic E-state index is 0.0362. The van der Waals surface area contributed by atoms with Crippen LogP contribution in [0.5, 0.6) is 23.0 Å². The maximum atomic E-state index is 14.4. The van der Waals surface area contributed by atoms with Crippen LogP contribution in [0.3, 0.4) is 0 Å². The monoisotopic (exact) mass is 873 g/mol. The largest absolute Gasteiger partial charge is 0.496 e. The van der Waals surface area contributed by atoms with Gasteiger partial charge in [-0.15, -0.1) is 6.58 Å². The van der Waals surface area contributed by atoms with Gasteiger partial charge < -0.3 is 38.9 Å². The molecule has 63 heavy (non-hydrogen) atoms. The van der Waals surface area contributed by atoms with Crippen LogP contribution in [0.1, 0.15) is 159 Å². The number of allylic oxidation sites excluding steroid dienone is 1. The molecular formula is C52H76N2O9. The normalized spacial score (nSPS) is 23.2. The molecule has 1 amide bonds. The number of carbonyl (C=O) groups is 2. The van der Waals surface area contributed by atoms with Gasteiger partial charge in [-0.1, -0.05) is 88.4 Å². The highest BCUT2D eigenvalue weighted by Crippen LogP contribution is 2.62. The van der Waals surface area contributed by atoms with Gasteiger partial charge >= 0.3 is 0 Å². The van der Waals surface area contributed by atoms with E-state index in [1.165, 1.54) is 45.6 Å². The van der Waals surface area contributed by atoms with Crippen molar-refractivity contribution in [3.63, 3.8) is 0 Å². The van der Waals surface area contributed by atoms with Crippen LogP contribution in [0.15, 0.2) is 65.9 Å². The van der Waals surface area contributed by atoms with Crippen molar-refractivity contribution in [2.45, 2.75) is 160 Å². The van der Waals surface area contributed by atoms with Gasteiger partial charge in [0, 0.05) is 44.6 Å². The van der Waals surface area contributed by atoms with E-state index in [-0.39, 0.29) is 43.5 Å². The zero-order valence-corrected chi connectivity index (χ0v) is 39.1. The van der Waals surface area contributed by atoms with E-state index < -0.39 is 23.3 Å². The van der Waals surface area contributed by atoms with Crippen molar-refractivity contribution in [3.8, 4) is 23.0 Å². The van der Waals surface area contributed by atoms with Gasteiger partial charge in [0.2, 0.25) is 11.7 Å². The van der Waals surface area contributed by atoms with Crippen LogP contribution in [0, 0.1) is 17.8 Å². The van der Waals surface area contributed by atoms with Crippen LogP contribution in [-0.4, -0.2) is 84.4 Å². The molecule has 1 aliphatic heterocycles. The van der Waals surface area contributed by atoms with Gasteiger partial charge in [-0.2, -0.15) is 0 Å². The first-order valence-electron chi connectivity index (χ1n) is 23.8. The van der Waals surface area contributed by atoms with Crippen LogP contribution in [0.4, 0.5) is 0 Å². The summed E-state index contributed by atoms with van der Waals surface area (Å²) in [4.78, 5) is 34.4. The lowest BCUT2D eigenvalue weighted by molar-refractivity contribution is -0.255. The van der Waals surface area contributed by atoms with E-state index in [1.807, 2.05) is 50.9 Å². The molecule has 348 valence electrons. The molecule has 0 saturated heterocycles. The molecule has 11 nitrogen and oxygen atoms in total. The first-order chi connectivity index (χ1) is 30.4. The minimum Gasteiger partial charge on any atom is -0.496 e. The molecular weight excluding hydrogens is 797 g/mol. The van der Waals surface area contributed by atoms with Gasteiger partial charge in [0.25, 0.3) is 0 Å². The van der Waals surface area contributed by atoms with Crippen LogP contribution >= 0.6 is 0 Å². The molecule has 1 saturated carbocycles. The second-order valence-electron chi connectivity index (χ2n) is 18.7. The van der Waals surface area contributed by atoms with Crippen LogP contribution < -0.4 is 14.2 Å². The molecule has 0 aromatic heterocycles. The molecule has 2 aromatic rings. The maximum absolute atomic E-state index is 14.4. The molecule has 2 N–H and O–H groups in total. The fourth-order valence-corrected chi connectivity index (χ4v) is 9.92. The molecule has 2 aliphatic carbocycles. The number of amides is 1. The SMILES string of the molecule is C=CCO[C@@]12Oc3ccc(Oc4ccc(OC)c(C=O)c4)cc3[C@H]3[C@H](CCCCO)[C@@H](CCCCO)C=C(C(=NOC(C)(C)C)C[C@@H]1N(C)C(=O)CCCCCCCCCCC)[C@H]32. The topological polar surface area (TPSA) is 136 Å². The number of benzene rings is 2. The summed E-state index contributed by atoms with van der Waals surface area (Å²) in [5, 5.41) is 24.8. The summed E-state index contributed by atoms with van der Waals surface area (Å²) in [6.07, 6.45) is 20.8. The number of carbonyl (C=O) groups excluding carboxylic acids is 2. The van der Waals surface area contributed by atoms with Crippen molar-refractivity contribution < 1.29 is 43.6 Å². The lowest BCUT2D eigenvalue weighted by atomic mass is 9.55. The molecule has 1 heterocycles. The number of methoxy groups -OCH3 is 1. The highest BCUT2D eigenvalue weighted by Gasteiger charge is 2.65. The van der Waals surface area contributed by atoms with Crippen molar-refractivity contribution >= 4 is 17.9 Å².